The summed E-state index contributed by atoms with van der Waals surface area (Å²) in [5, 5.41) is 10.1. The summed E-state index contributed by atoms with van der Waals surface area (Å²) in [6.45, 7) is 5.33. The minimum atomic E-state index is -0.0726. The number of urea groups is 1. The van der Waals surface area contributed by atoms with Gasteiger partial charge in [0, 0.05) is 19.3 Å². The van der Waals surface area contributed by atoms with E-state index in [0.717, 1.165) is 18.7 Å². The predicted octanol–water partition coefficient (Wildman–Crippen LogP) is 2.07. The second-order valence-corrected chi connectivity index (χ2v) is 5.42. The number of amides is 2. The number of carbonyl (C=O) groups excluding carboxylic acids is 1. The van der Waals surface area contributed by atoms with Crippen molar-refractivity contribution in [1.29, 1.82) is 0 Å². The third-order valence-corrected chi connectivity index (χ3v) is 3.84. The highest BCUT2D eigenvalue weighted by molar-refractivity contribution is 5.73. The van der Waals surface area contributed by atoms with Crippen molar-refractivity contribution in [1.82, 2.24) is 20.2 Å². The van der Waals surface area contributed by atoms with E-state index in [-0.39, 0.29) is 6.03 Å². The zero-order valence-corrected chi connectivity index (χ0v) is 11.9. The lowest BCUT2D eigenvalue weighted by Gasteiger charge is -2.06. The summed E-state index contributed by atoms with van der Waals surface area (Å²) in [6, 6.07) is 6.27. The first-order valence-corrected chi connectivity index (χ1v) is 7.15. The Labute approximate surface area is 118 Å². The van der Waals surface area contributed by atoms with E-state index in [4.69, 9.17) is 0 Å². The van der Waals surface area contributed by atoms with Gasteiger partial charge in [0.15, 0.2) is 0 Å². The number of fused-ring (bicyclic) bond motifs is 1. The van der Waals surface area contributed by atoms with Gasteiger partial charge in [-0.15, -0.1) is 0 Å². The molecule has 20 heavy (non-hydrogen) atoms. The van der Waals surface area contributed by atoms with Gasteiger partial charge in [-0.25, -0.2) is 9.31 Å². The van der Waals surface area contributed by atoms with Crippen molar-refractivity contribution in [3.05, 3.63) is 35.7 Å². The molecule has 2 N–H and O–H groups in total. The quantitative estimate of drug-likeness (QED) is 0.895. The molecule has 1 saturated carbocycles. The third-order valence-electron chi connectivity index (χ3n) is 3.84. The molecule has 0 unspecified atom stereocenters. The molecule has 1 aliphatic rings. The maximum absolute atomic E-state index is 11.4. The van der Waals surface area contributed by atoms with E-state index in [9.17, 15) is 4.79 Å². The summed E-state index contributed by atoms with van der Waals surface area (Å²) in [4.78, 5) is 11.4. The smallest absolute Gasteiger partial charge is 0.314 e. The van der Waals surface area contributed by atoms with Gasteiger partial charge in [0.05, 0.1) is 11.2 Å². The van der Waals surface area contributed by atoms with E-state index in [0.29, 0.717) is 18.4 Å². The Morgan fingerprint density at radius 3 is 3.15 bits per heavy atom. The Kier molecular flexibility index (Phi) is 3.34. The van der Waals surface area contributed by atoms with Gasteiger partial charge in [0.1, 0.15) is 0 Å². The van der Waals surface area contributed by atoms with E-state index in [1.807, 2.05) is 30.6 Å². The fraction of sp³-hybridized carbons (Fsp3) is 0.467. The van der Waals surface area contributed by atoms with Crippen molar-refractivity contribution in [2.75, 3.05) is 13.1 Å². The van der Waals surface area contributed by atoms with Gasteiger partial charge in [-0.2, -0.15) is 5.10 Å². The summed E-state index contributed by atoms with van der Waals surface area (Å²) in [7, 11) is 0. The molecule has 0 aliphatic heterocycles. The molecule has 0 aromatic carbocycles. The van der Waals surface area contributed by atoms with Crippen molar-refractivity contribution in [3.63, 3.8) is 0 Å². The highest BCUT2D eigenvalue weighted by Crippen LogP contribution is 2.48. The molecule has 2 aromatic rings. The zero-order valence-electron chi connectivity index (χ0n) is 11.9. The van der Waals surface area contributed by atoms with Crippen LogP contribution in [0.15, 0.2) is 24.4 Å². The Hall–Kier alpha value is -2.04. The largest absolute Gasteiger partial charge is 0.338 e. The number of rotatable bonds is 4. The standard InChI is InChI=1S/C15H20N4O/c1-3-16-15(20)17-9-11-8-13(11)12-5-4-6-19-14(12)7-10(2)18-19/h4-7,11,13H,3,8-9H2,1-2H3,(H2,16,17,20)/t11-,13+/m0/s1. The first-order valence-electron chi connectivity index (χ1n) is 7.15. The molecule has 2 aromatic heterocycles. The average molecular weight is 272 g/mol. The first kappa shape index (κ1) is 13.0. The Morgan fingerprint density at radius 2 is 2.35 bits per heavy atom. The molecule has 0 spiro atoms. The predicted molar refractivity (Wildman–Crippen MR) is 77.9 cm³/mol. The minimum Gasteiger partial charge on any atom is -0.338 e. The number of nitrogens with zero attached hydrogens (tertiary/aromatic N) is 2. The molecule has 2 heterocycles. The minimum absolute atomic E-state index is 0.0726. The van der Waals surface area contributed by atoms with Crippen LogP contribution >= 0.6 is 0 Å². The maximum atomic E-state index is 11.4. The normalized spacial score (nSPS) is 20.9. The van der Waals surface area contributed by atoms with Crippen LogP contribution in [0.5, 0.6) is 0 Å². The van der Waals surface area contributed by atoms with Crippen LogP contribution in [0.3, 0.4) is 0 Å². The van der Waals surface area contributed by atoms with Gasteiger partial charge < -0.3 is 10.6 Å². The van der Waals surface area contributed by atoms with Crippen LogP contribution in [0.25, 0.3) is 5.52 Å². The first-order chi connectivity index (χ1) is 9.69. The molecule has 2 atom stereocenters. The molecule has 0 bridgehead atoms. The van der Waals surface area contributed by atoms with Gasteiger partial charge >= 0.3 is 6.03 Å². The zero-order chi connectivity index (χ0) is 14.1. The number of hydrogen-bond donors (Lipinski definition) is 2. The van der Waals surface area contributed by atoms with Gasteiger partial charge in [-0.05, 0) is 49.8 Å². The Morgan fingerprint density at radius 1 is 1.50 bits per heavy atom. The van der Waals surface area contributed by atoms with Gasteiger partial charge in [0.2, 0.25) is 0 Å². The molecular weight excluding hydrogens is 252 g/mol. The SMILES string of the molecule is CCNC(=O)NC[C@@H]1C[C@H]1c1cccn2nc(C)cc12. The van der Waals surface area contributed by atoms with E-state index in [1.54, 1.807) is 0 Å². The number of carbonyl (C=O) groups is 1. The van der Waals surface area contributed by atoms with E-state index in [2.05, 4.69) is 27.9 Å². The molecule has 0 saturated heterocycles. The van der Waals surface area contributed by atoms with E-state index >= 15 is 0 Å². The highest BCUT2D eigenvalue weighted by Gasteiger charge is 2.39. The van der Waals surface area contributed by atoms with Crippen LogP contribution < -0.4 is 10.6 Å². The average Bonchev–Trinajstić information content (AvgIpc) is 3.08. The maximum Gasteiger partial charge on any atom is 0.314 e. The number of aryl methyl sites for hydroxylation is 1. The van der Waals surface area contributed by atoms with Crippen LogP contribution in [-0.2, 0) is 0 Å². The molecule has 2 amide bonds. The van der Waals surface area contributed by atoms with Crippen molar-refractivity contribution < 1.29 is 4.79 Å². The molecule has 5 nitrogen and oxygen atoms in total. The summed E-state index contributed by atoms with van der Waals surface area (Å²) in [5.74, 6) is 1.08. The van der Waals surface area contributed by atoms with Gasteiger partial charge in [-0.1, -0.05) is 6.07 Å². The summed E-state index contributed by atoms with van der Waals surface area (Å²) >= 11 is 0. The molecule has 1 fully saturated rings. The molecule has 106 valence electrons. The van der Waals surface area contributed by atoms with Crippen LogP contribution in [0, 0.1) is 12.8 Å². The van der Waals surface area contributed by atoms with E-state index in [1.165, 1.54) is 11.1 Å². The van der Waals surface area contributed by atoms with Gasteiger partial charge in [0.25, 0.3) is 0 Å². The van der Waals surface area contributed by atoms with Crippen molar-refractivity contribution >= 4 is 11.5 Å². The van der Waals surface area contributed by atoms with E-state index < -0.39 is 0 Å². The van der Waals surface area contributed by atoms with Crippen molar-refractivity contribution in [2.24, 2.45) is 5.92 Å². The summed E-state index contributed by atoms with van der Waals surface area (Å²) in [6.07, 6.45) is 3.12. The number of hydrogen-bond acceptors (Lipinski definition) is 2. The number of pyridine rings is 1. The summed E-state index contributed by atoms with van der Waals surface area (Å²) in [5.41, 5.74) is 3.57. The molecule has 5 heteroatoms. The molecular formula is C15H20N4O. The van der Waals surface area contributed by atoms with Crippen LogP contribution in [-0.4, -0.2) is 28.7 Å². The Bertz CT molecular complexity index is 634. The monoisotopic (exact) mass is 272 g/mol. The second-order valence-electron chi connectivity index (χ2n) is 5.42. The van der Waals surface area contributed by atoms with Crippen molar-refractivity contribution in [2.45, 2.75) is 26.2 Å². The Balaban J connectivity index is 1.67. The fourth-order valence-electron chi connectivity index (χ4n) is 2.77. The topological polar surface area (TPSA) is 58.4 Å². The fourth-order valence-corrected chi connectivity index (χ4v) is 2.77. The van der Waals surface area contributed by atoms with Gasteiger partial charge in [-0.3, -0.25) is 0 Å². The third kappa shape index (κ3) is 2.48. The van der Waals surface area contributed by atoms with Crippen molar-refractivity contribution in [3.8, 4) is 0 Å². The second kappa shape index (κ2) is 5.15. The highest BCUT2D eigenvalue weighted by atomic mass is 16.2. The number of aromatic nitrogens is 2. The molecule has 1 aliphatic carbocycles. The van der Waals surface area contributed by atoms with Crippen LogP contribution in [0.1, 0.15) is 30.5 Å². The summed E-state index contributed by atoms with van der Waals surface area (Å²) < 4.78 is 1.94. The lowest BCUT2D eigenvalue weighted by Crippen LogP contribution is -2.36. The molecule has 0 radical (unpaired) electrons. The lowest BCUT2D eigenvalue weighted by atomic mass is 10.1. The van der Waals surface area contributed by atoms with Crippen LogP contribution in [0.4, 0.5) is 4.79 Å². The number of nitrogens with one attached hydrogen (secondary N) is 2. The van der Waals surface area contributed by atoms with Crippen LogP contribution in [0.2, 0.25) is 0 Å². The molecule has 3 rings (SSSR count). The lowest BCUT2D eigenvalue weighted by molar-refractivity contribution is 0.241.